The molecule has 3 rings (SSSR count). The molecule has 2 aromatic rings. The van der Waals surface area contributed by atoms with E-state index in [1.54, 1.807) is 14.2 Å². The minimum Gasteiger partial charge on any atom is -0.493 e. The first-order chi connectivity index (χ1) is 12.6. The van der Waals surface area contributed by atoms with E-state index in [0.717, 1.165) is 60.2 Å². The normalized spacial score (nSPS) is 14.5. The van der Waals surface area contributed by atoms with E-state index in [0.29, 0.717) is 6.61 Å². The van der Waals surface area contributed by atoms with Crippen molar-refractivity contribution in [1.29, 1.82) is 0 Å². The average Bonchev–Trinajstić information content (AvgIpc) is 2.86. The van der Waals surface area contributed by atoms with Gasteiger partial charge in [-0.1, -0.05) is 17.7 Å². The maximum atomic E-state index is 6.43. The maximum Gasteiger partial charge on any atom is 0.160 e. The molecule has 5 heteroatoms. The van der Waals surface area contributed by atoms with Crippen LogP contribution in [0.25, 0.3) is 0 Å². The molecule has 1 heterocycles. The van der Waals surface area contributed by atoms with E-state index in [4.69, 9.17) is 25.8 Å². The summed E-state index contributed by atoms with van der Waals surface area (Å²) in [6, 6.07) is 9.93. The topological polar surface area (TPSA) is 30.9 Å². The van der Waals surface area contributed by atoms with Crippen LogP contribution in [0.15, 0.2) is 30.3 Å². The van der Waals surface area contributed by atoms with Crippen molar-refractivity contribution in [1.82, 2.24) is 4.90 Å². The molecule has 0 atom stereocenters. The summed E-state index contributed by atoms with van der Waals surface area (Å²) >= 11 is 6.43. The highest BCUT2D eigenvalue weighted by Crippen LogP contribution is 2.32. The summed E-state index contributed by atoms with van der Waals surface area (Å²) in [5.41, 5.74) is 3.65. The van der Waals surface area contributed by atoms with Gasteiger partial charge in [-0.3, -0.25) is 0 Å². The number of nitrogens with zero attached hydrogens (tertiary/aromatic N) is 1. The summed E-state index contributed by atoms with van der Waals surface area (Å²) in [5.74, 6) is 2.44. The monoisotopic (exact) mass is 375 g/mol. The second-order valence-electron chi connectivity index (χ2n) is 6.59. The van der Waals surface area contributed by atoms with Gasteiger partial charge >= 0.3 is 0 Å². The van der Waals surface area contributed by atoms with Gasteiger partial charge in [-0.05, 0) is 55.3 Å². The Morgan fingerprint density at radius 1 is 0.923 bits per heavy atom. The van der Waals surface area contributed by atoms with E-state index in [-0.39, 0.29) is 0 Å². The first-order valence-corrected chi connectivity index (χ1v) is 9.32. The van der Waals surface area contributed by atoms with Crippen LogP contribution < -0.4 is 14.2 Å². The molecule has 1 aliphatic heterocycles. The molecule has 2 aromatic carbocycles. The van der Waals surface area contributed by atoms with Crippen molar-refractivity contribution in [3.63, 3.8) is 0 Å². The van der Waals surface area contributed by atoms with Crippen LogP contribution in [0.4, 0.5) is 0 Å². The smallest absolute Gasteiger partial charge is 0.160 e. The van der Waals surface area contributed by atoms with E-state index in [1.807, 2.05) is 30.3 Å². The number of halogens is 1. The lowest BCUT2D eigenvalue weighted by Gasteiger charge is -2.15. The second kappa shape index (κ2) is 8.65. The number of benzene rings is 2. The SMILES string of the molecule is COc1ccc(CCOc2ccc(Cl)c3c2CCN(C)CC3)cc1OC. The molecule has 4 nitrogen and oxygen atoms in total. The molecule has 0 bridgehead atoms. The van der Waals surface area contributed by atoms with Crippen molar-refractivity contribution in [2.75, 3.05) is 41.0 Å². The van der Waals surface area contributed by atoms with Gasteiger partial charge in [-0.2, -0.15) is 0 Å². The van der Waals surface area contributed by atoms with E-state index in [9.17, 15) is 0 Å². The van der Waals surface area contributed by atoms with Crippen LogP contribution >= 0.6 is 11.6 Å². The quantitative estimate of drug-likeness (QED) is 0.763. The summed E-state index contributed by atoms with van der Waals surface area (Å²) in [6.07, 6.45) is 2.74. The predicted octanol–water partition coefficient (Wildman–Crippen LogP) is 4.01. The van der Waals surface area contributed by atoms with Crippen molar-refractivity contribution >= 4 is 11.6 Å². The number of rotatable bonds is 6. The molecule has 0 fully saturated rings. The fraction of sp³-hybridized carbons (Fsp3) is 0.429. The summed E-state index contributed by atoms with van der Waals surface area (Å²) in [5, 5.41) is 0.850. The van der Waals surface area contributed by atoms with Crippen LogP contribution in [0.3, 0.4) is 0 Å². The van der Waals surface area contributed by atoms with Crippen LogP contribution in [-0.2, 0) is 19.3 Å². The Bertz CT molecular complexity index is 763. The Balaban J connectivity index is 1.69. The zero-order valence-corrected chi connectivity index (χ0v) is 16.4. The first kappa shape index (κ1) is 18.9. The standard InChI is InChI=1S/C21H26ClNO3/c1-23-11-8-16-17(9-12-23)19(7-5-18(16)22)26-13-10-15-4-6-20(24-2)21(14-15)25-3/h4-7,14H,8-13H2,1-3H3. The lowest BCUT2D eigenvalue weighted by atomic mass is 10.0. The minimum atomic E-state index is 0.611. The average molecular weight is 376 g/mol. The van der Waals surface area contributed by atoms with Crippen LogP contribution in [0.5, 0.6) is 17.2 Å². The molecule has 0 unspecified atom stereocenters. The molecule has 140 valence electrons. The molecular weight excluding hydrogens is 350 g/mol. The maximum absolute atomic E-state index is 6.43. The predicted molar refractivity (Wildman–Crippen MR) is 105 cm³/mol. The number of methoxy groups -OCH3 is 2. The van der Waals surface area contributed by atoms with Gasteiger partial charge in [-0.25, -0.2) is 0 Å². The molecule has 0 radical (unpaired) electrons. The number of fused-ring (bicyclic) bond motifs is 1. The van der Waals surface area contributed by atoms with Gasteiger partial charge in [0.15, 0.2) is 11.5 Å². The van der Waals surface area contributed by atoms with Crippen LogP contribution in [-0.4, -0.2) is 45.9 Å². The van der Waals surface area contributed by atoms with Crippen LogP contribution in [0, 0.1) is 0 Å². The number of hydrogen-bond donors (Lipinski definition) is 0. The largest absolute Gasteiger partial charge is 0.493 e. The summed E-state index contributed by atoms with van der Waals surface area (Å²) in [4.78, 5) is 2.34. The van der Waals surface area contributed by atoms with Crippen molar-refractivity contribution in [2.24, 2.45) is 0 Å². The fourth-order valence-electron chi connectivity index (χ4n) is 3.35. The first-order valence-electron chi connectivity index (χ1n) is 8.95. The molecular formula is C21H26ClNO3. The Hall–Kier alpha value is -1.91. The van der Waals surface area contributed by atoms with Crippen molar-refractivity contribution < 1.29 is 14.2 Å². The molecule has 0 spiro atoms. The second-order valence-corrected chi connectivity index (χ2v) is 7.00. The van der Waals surface area contributed by atoms with Gasteiger partial charge in [0.2, 0.25) is 0 Å². The molecule has 26 heavy (non-hydrogen) atoms. The fourth-order valence-corrected chi connectivity index (χ4v) is 3.63. The van der Waals surface area contributed by atoms with Gasteiger partial charge in [0.25, 0.3) is 0 Å². The third-order valence-corrected chi connectivity index (χ3v) is 5.27. The zero-order valence-electron chi connectivity index (χ0n) is 15.7. The van der Waals surface area contributed by atoms with E-state index in [2.05, 4.69) is 11.9 Å². The Morgan fingerprint density at radius 2 is 1.62 bits per heavy atom. The van der Waals surface area contributed by atoms with Crippen LogP contribution in [0.1, 0.15) is 16.7 Å². The van der Waals surface area contributed by atoms with E-state index in [1.165, 1.54) is 11.1 Å². The Kier molecular flexibility index (Phi) is 6.28. The van der Waals surface area contributed by atoms with Crippen molar-refractivity contribution in [2.45, 2.75) is 19.3 Å². The van der Waals surface area contributed by atoms with Crippen LogP contribution in [0.2, 0.25) is 5.02 Å². The summed E-state index contributed by atoms with van der Waals surface area (Å²) in [7, 11) is 5.44. The van der Waals surface area contributed by atoms with Gasteiger partial charge in [0, 0.05) is 30.1 Å². The molecule has 1 aliphatic rings. The number of ether oxygens (including phenoxy) is 3. The third-order valence-electron chi connectivity index (χ3n) is 4.91. The summed E-state index contributed by atoms with van der Waals surface area (Å²) in [6.45, 7) is 2.67. The van der Waals surface area contributed by atoms with Gasteiger partial charge in [0.1, 0.15) is 5.75 Å². The zero-order chi connectivity index (χ0) is 18.5. The molecule has 0 aromatic heterocycles. The summed E-state index contributed by atoms with van der Waals surface area (Å²) < 4.78 is 16.8. The lowest BCUT2D eigenvalue weighted by Crippen LogP contribution is -2.20. The highest BCUT2D eigenvalue weighted by atomic mass is 35.5. The molecule has 0 saturated heterocycles. The van der Waals surface area contributed by atoms with E-state index >= 15 is 0 Å². The van der Waals surface area contributed by atoms with Gasteiger partial charge < -0.3 is 19.1 Å². The van der Waals surface area contributed by atoms with Gasteiger partial charge in [0.05, 0.1) is 20.8 Å². The number of likely N-dealkylation sites (N-methyl/N-ethyl adjacent to an activating group) is 1. The Labute approximate surface area is 160 Å². The molecule has 0 aliphatic carbocycles. The highest BCUT2D eigenvalue weighted by molar-refractivity contribution is 6.31. The highest BCUT2D eigenvalue weighted by Gasteiger charge is 2.18. The number of hydrogen-bond acceptors (Lipinski definition) is 4. The molecule has 0 saturated carbocycles. The molecule has 0 amide bonds. The third kappa shape index (κ3) is 4.25. The Morgan fingerprint density at radius 3 is 2.35 bits per heavy atom. The minimum absolute atomic E-state index is 0.611. The van der Waals surface area contributed by atoms with Crippen molar-refractivity contribution in [3.8, 4) is 17.2 Å². The van der Waals surface area contributed by atoms with Gasteiger partial charge in [-0.15, -0.1) is 0 Å². The molecule has 0 N–H and O–H groups in total. The van der Waals surface area contributed by atoms with Crippen molar-refractivity contribution in [3.05, 3.63) is 52.0 Å². The van der Waals surface area contributed by atoms with E-state index < -0.39 is 0 Å². The lowest BCUT2D eigenvalue weighted by molar-refractivity contribution is 0.315.